The fourth-order valence-corrected chi connectivity index (χ4v) is 2.74. The van der Waals surface area contributed by atoms with Crippen LogP contribution in [0.1, 0.15) is 5.69 Å². The zero-order valence-corrected chi connectivity index (χ0v) is 11.2. The molecule has 0 radical (unpaired) electrons. The second-order valence-electron chi connectivity index (χ2n) is 3.69. The average Bonchev–Trinajstić information content (AvgIpc) is 2.70. The first-order chi connectivity index (χ1) is 8.82. The number of nitrogens with zero attached hydrogens (tertiary/aromatic N) is 3. The predicted molar refractivity (Wildman–Crippen MR) is 68.0 cm³/mol. The largest absolute Gasteiger partial charge is 0.294 e. The van der Waals surface area contributed by atoms with E-state index in [0.29, 0.717) is 0 Å². The lowest BCUT2D eigenvalue weighted by atomic mass is 10.2. The number of aromatic nitrogens is 2. The van der Waals surface area contributed by atoms with Crippen molar-refractivity contribution in [1.29, 1.82) is 0 Å². The summed E-state index contributed by atoms with van der Waals surface area (Å²) in [5.41, 5.74) is 0.216. The van der Waals surface area contributed by atoms with Crippen molar-refractivity contribution >= 4 is 25.4 Å². The van der Waals surface area contributed by atoms with E-state index in [1.54, 1.807) is 6.07 Å². The van der Waals surface area contributed by atoms with Gasteiger partial charge in [0.15, 0.2) is 0 Å². The van der Waals surface area contributed by atoms with Crippen LogP contribution in [0.5, 0.6) is 0 Å². The maximum absolute atomic E-state index is 11.3. The SMILES string of the molecule is Cc1c(S(=O)(=O)Cl)cnn1-c1ccccc1[N+](=O)[O-]. The van der Waals surface area contributed by atoms with Crippen molar-refractivity contribution in [1.82, 2.24) is 9.78 Å². The van der Waals surface area contributed by atoms with Crippen LogP contribution >= 0.6 is 10.7 Å². The molecule has 9 heteroatoms. The molecule has 1 heterocycles. The third-order valence-corrected chi connectivity index (χ3v) is 3.96. The molecule has 0 aliphatic heterocycles. The molecule has 0 fully saturated rings. The van der Waals surface area contributed by atoms with E-state index in [0.717, 1.165) is 6.20 Å². The molecular formula is C10H8ClN3O4S. The number of hydrogen-bond acceptors (Lipinski definition) is 5. The first kappa shape index (κ1) is 13.5. The number of nitro groups is 1. The van der Waals surface area contributed by atoms with E-state index in [1.165, 1.54) is 29.8 Å². The van der Waals surface area contributed by atoms with E-state index in [2.05, 4.69) is 5.10 Å². The summed E-state index contributed by atoms with van der Waals surface area (Å²) in [4.78, 5) is 10.2. The van der Waals surface area contributed by atoms with E-state index in [1.807, 2.05) is 0 Å². The molecule has 1 aromatic heterocycles. The minimum absolute atomic E-state index is 0.174. The van der Waals surface area contributed by atoms with E-state index >= 15 is 0 Å². The first-order valence-corrected chi connectivity index (χ1v) is 7.36. The van der Waals surface area contributed by atoms with Crippen molar-refractivity contribution < 1.29 is 13.3 Å². The number of benzene rings is 1. The topological polar surface area (TPSA) is 95.1 Å². The van der Waals surface area contributed by atoms with Crippen LogP contribution in [-0.2, 0) is 9.05 Å². The van der Waals surface area contributed by atoms with E-state index in [4.69, 9.17) is 10.7 Å². The van der Waals surface area contributed by atoms with Gasteiger partial charge in [-0.15, -0.1) is 0 Å². The van der Waals surface area contributed by atoms with Gasteiger partial charge in [0.25, 0.3) is 14.7 Å². The lowest BCUT2D eigenvalue weighted by molar-refractivity contribution is -0.384. The molecular weight excluding hydrogens is 294 g/mol. The number of halogens is 1. The molecule has 2 aromatic rings. The average molecular weight is 302 g/mol. The highest BCUT2D eigenvalue weighted by atomic mass is 35.7. The molecule has 0 saturated carbocycles. The quantitative estimate of drug-likeness (QED) is 0.491. The van der Waals surface area contributed by atoms with Crippen LogP contribution in [0.2, 0.25) is 0 Å². The van der Waals surface area contributed by atoms with Gasteiger partial charge < -0.3 is 0 Å². The third-order valence-electron chi connectivity index (χ3n) is 2.53. The molecule has 0 saturated heterocycles. The maximum atomic E-state index is 11.3. The molecule has 0 aliphatic carbocycles. The fraction of sp³-hybridized carbons (Fsp3) is 0.100. The molecule has 100 valence electrons. The number of nitro benzene ring substituents is 1. The predicted octanol–water partition coefficient (Wildman–Crippen LogP) is 2.02. The van der Waals surface area contributed by atoms with Crippen LogP contribution in [0.15, 0.2) is 35.4 Å². The van der Waals surface area contributed by atoms with Crippen LogP contribution in [0, 0.1) is 17.0 Å². The summed E-state index contributed by atoms with van der Waals surface area (Å²) in [6, 6.07) is 5.89. The fourth-order valence-electron chi connectivity index (χ4n) is 1.67. The summed E-state index contributed by atoms with van der Waals surface area (Å²) in [5, 5.41) is 14.8. The molecule has 0 atom stereocenters. The first-order valence-electron chi connectivity index (χ1n) is 5.05. The standard InChI is InChI=1S/C10H8ClN3O4S/c1-7-10(19(11,17)18)6-12-13(7)8-4-2-3-5-9(8)14(15)16/h2-6H,1H3. The normalized spacial score (nSPS) is 11.5. The Morgan fingerprint density at radius 2 is 2.00 bits per heavy atom. The molecule has 0 aliphatic rings. The Hall–Kier alpha value is -1.93. The zero-order valence-electron chi connectivity index (χ0n) is 9.65. The zero-order chi connectivity index (χ0) is 14.2. The van der Waals surface area contributed by atoms with Gasteiger partial charge in [-0.25, -0.2) is 13.1 Å². The lowest BCUT2D eigenvalue weighted by Gasteiger charge is -2.05. The molecule has 0 N–H and O–H groups in total. The molecule has 1 aromatic carbocycles. The van der Waals surface area contributed by atoms with Gasteiger partial charge in [0.1, 0.15) is 10.6 Å². The molecule has 0 spiro atoms. The van der Waals surface area contributed by atoms with Crippen molar-refractivity contribution in [3.8, 4) is 5.69 Å². The second kappa shape index (κ2) is 4.63. The van der Waals surface area contributed by atoms with Gasteiger partial charge in [-0.2, -0.15) is 5.10 Å². The number of rotatable bonds is 3. The maximum Gasteiger partial charge on any atom is 0.294 e. The van der Waals surface area contributed by atoms with Gasteiger partial charge in [0, 0.05) is 16.7 Å². The molecule has 7 nitrogen and oxygen atoms in total. The van der Waals surface area contributed by atoms with E-state index in [9.17, 15) is 18.5 Å². The van der Waals surface area contributed by atoms with E-state index in [-0.39, 0.29) is 22.0 Å². The number of para-hydroxylation sites is 2. The van der Waals surface area contributed by atoms with Crippen molar-refractivity contribution in [2.75, 3.05) is 0 Å². The van der Waals surface area contributed by atoms with Crippen LogP contribution in [0.3, 0.4) is 0 Å². The summed E-state index contributed by atoms with van der Waals surface area (Å²) in [6.45, 7) is 1.47. The van der Waals surface area contributed by atoms with Crippen molar-refractivity contribution in [3.63, 3.8) is 0 Å². The van der Waals surface area contributed by atoms with Gasteiger partial charge >= 0.3 is 0 Å². The van der Waals surface area contributed by atoms with Crippen molar-refractivity contribution in [2.24, 2.45) is 0 Å². The van der Waals surface area contributed by atoms with Crippen LogP contribution < -0.4 is 0 Å². The van der Waals surface area contributed by atoms with Gasteiger partial charge in [0.2, 0.25) is 0 Å². The second-order valence-corrected chi connectivity index (χ2v) is 6.22. The van der Waals surface area contributed by atoms with Gasteiger partial charge in [-0.05, 0) is 13.0 Å². The lowest BCUT2D eigenvalue weighted by Crippen LogP contribution is -2.04. The Kier molecular flexibility index (Phi) is 3.29. The monoisotopic (exact) mass is 301 g/mol. The highest BCUT2D eigenvalue weighted by molar-refractivity contribution is 8.13. The van der Waals surface area contributed by atoms with Gasteiger partial charge in [0.05, 0.1) is 16.8 Å². The van der Waals surface area contributed by atoms with Gasteiger partial charge in [-0.1, -0.05) is 12.1 Å². The van der Waals surface area contributed by atoms with E-state index < -0.39 is 14.0 Å². The molecule has 0 unspecified atom stereocenters. The summed E-state index contributed by atoms with van der Waals surface area (Å²) >= 11 is 0. The summed E-state index contributed by atoms with van der Waals surface area (Å²) in [6.07, 6.45) is 1.06. The number of hydrogen-bond donors (Lipinski definition) is 0. The van der Waals surface area contributed by atoms with Crippen LogP contribution in [0.25, 0.3) is 5.69 Å². The van der Waals surface area contributed by atoms with Crippen molar-refractivity contribution in [2.45, 2.75) is 11.8 Å². The summed E-state index contributed by atoms with van der Waals surface area (Å²) in [7, 11) is 1.32. The molecule has 0 bridgehead atoms. The molecule has 0 amide bonds. The Balaban J connectivity index is 2.68. The Morgan fingerprint density at radius 1 is 1.37 bits per heavy atom. The molecule has 2 rings (SSSR count). The highest BCUT2D eigenvalue weighted by Gasteiger charge is 2.22. The molecule has 19 heavy (non-hydrogen) atoms. The van der Waals surface area contributed by atoms with Gasteiger partial charge in [-0.3, -0.25) is 10.1 Å². The van der Waals surface area contributed by atoms with Crippen molar-refractivity contribution in [3.05, 3.63) is 46.3 Å². The summed E-state index contributed by atoms with van der Waals surface area (Å²) in [5.74, 6) is 0. The minimum atomic E-state index is -3.93. The third kappa shape index (κ3) is 2.45. The Bertz CT molecular complexity index is 754. The Morgan fingerprint density at radius 3 is 2.53 bits per heavy atom. The van der Waals surface area contributed by atoms with Crippen LogP contribution in [-0.4, -0.2) is 23.1 Å². The summed E-state index contributed by atoms with van der Waals surface area (Å²) < 4.78 is 23.8. The van der Waals surface area contributed by atoms with Crippen LogP contribution in [0.4, 0.5) is 5.69 Å². The highest BCUT2D eigenvalue weighted by Crippen LogP contribution is 2.26. The smallest absolute Gasteiger partial charge is 0.258 e. The minimum Gasteiger partial charge on any atom is -0.258 e. The Labute approximate surface area is 113 Å².